The maximum absolute atomic E-state index is 12.4. The molecule has 0 fully saturated rings. The van der Waals surface area contributed by atoms with Crippen molar-refractivity contribution in [1.82, 2.24) is 9.97 Å². The number of nitro benzene ring substituents is 1. The Hall–Kier alpha value is -2.52. The number of nitrogens with one attached hydrogen (secondary N) is 1. The van der Waals surface area contributed by atoms with Gasteiger partial charge in [-0.25, -0.2) is 9.97 Å². The number of anilines is 1. The zero-order valence-electron chi connectivity index (χ0n) is 15.3. The lowest BCUT2D eigenvalue weighted by molar-refractivity contribution is -0.384. The number of hydrogen-bond acceptors (Lipinski definition) is 7. The summed E-state index contributed by atoms with van der Waals surface area (Å²) in [5.41, 5.74) is 2.36. The molecule has 3 rings (SSSR count). The summed E-state index contributed by atoms with van der Waals surface area (Å²) >= 11 is 3.00. The van der Waals surface area contributed by atoms with E-state index in [1.54, 1.807) is 24.3 Å². The summed E-state index contributed by atoms with van der Waals surface area (Å²) in [5, 5.41) is 15.4. The van der Waals surface area contributed by atoms with Crippen molar-refractivity contribution in [2.45, 2.75) is 32.7 Å². The molecule has 0 saturated carbocycles. The first-order valence-electron chi connectivity index (χ1n) is 8.18. The fourth-order valence-corrected chi connectivity index (χ4v) is 4.71. The molecule has 0 atom stereocenters. The van der Waals surface area contributed by atoms with Crippen LogP contribution in [0.4, 0.5) is 11.4 Å². The maximum atomic E-state index is 12.4. The van der Waals surface area contributed by atoms with Crippen LogP contribution in [0.15, 0.2) is 23.2 Å². The predicted octanol–water partition coefficient (Wildman–Crippen LogP) is 4.56. The molecule has 0 spiro atoms. The number of carbonyl (C=O) groups is 1. The first-order valence-corrected chi connectivity index (χ1v) is 9.98. The van der Waals surface area contributed by atoms with Gasteiger partial charge in [0.15, 0.2) is 0 Å². The molecule has 2 heterocycles. The molecule has 140 valence electrons. The fraction of sp³-hybridized carbons (Fsp3) is 0.278. The zero-order valence-corrected chi connectivity index (χ0v) is 17.0. The summed E-state index contributed by atoms with van der Waals surface area (Å²) in [6, 6.07) is 4.37. The molecule has 9 heteroatoms. The zero-order chi connectivity index (χ0) is 19.7. The number of nitro groups is 1. The summed E-state index contributed by atoms with van der Waals surface area (Å²) < 4.78 is 0. The minimum absolute atomic E-state index is 0.00188. The summed E-state index contributed by atoms with van der Waals surface area (Å²) in [4.78, 5) is 33.8. The molecular formula is C18H18N4O3S2. The number of benzene rings is 1. The highest BCUT2D eigenvalue weighted by atomic mass is 32.2. The number of non-ortho nitro benzene ring substituents is 1. The van der Waals surface area contributed by atoms with Crippen LogP contribution in [0.2, 0.25) is 0 Å². The van der Waals surface area contributed by atoms with Gasteiger partial charge in [-0.05, 0) is 44.9 Å². The summed E-state index contributed by atoms with van der Waals surface area (Å²) in [6.45, 7) is 7.66. The number of aromatic nitrogens is 2. The molecule has 0 aliphatic rings. The third-order valence-corrected chi connectivity index (χ3v) is 6.22. The van der Waals surface area contributed by atoms with Crippen LogP contribution in [0.5, 0.6) is 0 Å². The molecule has 0 aliphatic carbocycles. The fourth-order valence-electron chi connectivity index (χ4n) is 2.64. The van der Waals surface area contributed by atoms with E-state index < -0.39 is 4.92 Å². The van der Waals surface area contributed by atoms with E-state index in [1.165, 1.54) is 28.8 Å². The van der Waals surface area contributed by atoms with Gasteiger partial charge in [0.2, 0.25) is 5.91 Å². The quantitative estimate of drug-likeness (QED) is 0.291. The first-order chi connectivity index (χ1) is 12.8. The second-order valence-corrected chi connectivity index (χ2v) is 8.30. The van der Waals surface area contributed by atoms with Crippen LogP contribution in [0, 0.1) is 37.8 Å². The summed E-state index contributed by atoms with van der Waals surface area (Å²) in [5.74, 6) is 0.680. The number of hydrogen-bond donors (Lipinski definition) is 1. The SMILES string of the molecule is Cc1nc(SCC(=O)Nc2ccc([N+](=O)[O-])cc2C)c2c(C)c(C)sc2n1. The second kappa shape index (κ2) is 7.61. The van der Waals surface area contributed by atoms with E-state index in [1.807, 2.05) is 13.8 Å². The minimum atomic E-state index is -0.456. The smallest absolute Gasteiger partial charge is 0.269 e. The van der Waals surface area contributed by atoms with Crippen molar-refractivity contribution < 1.29 is 9.72 Å². The van der Waals surface area contributed by atoms with Gasteiger partial charge in [-0.1, -0.05) is 11.8 Å². The van der Waals surface area contributed by atoms with Crippen LogP contribution < -0.4 is 5.32 Å². The van der Waals surface area contributed by atoms with E-state index in [9.17, 15) is 14.9 Å². The maximum Gasteiger partial charge on any atom is 0.269 e. The van der Waals surface area contributed by atoms with Crippen LogP contribution in [0.1, 0.15) is 21.8 Å². The third kappa shape index (κ3) is 4.09. The molecule has 0 aliphatic heterocycles. The number of rotatable bonds is 5. The van der Waals surface area contributed by atoms with E-state index >= 15 is 0 Å². The number of amides is 1. The van der Waals surface area contributed by atoms with Gasteiger partial charge >= 0.3 is 0 Å². The molecule has 1 aromatic carbocycles. The van der Waals surface area contributed by atoms with E-state index in [0.29, 0.717) is 17.1 Å². The lowest BCUT2D eigenvalue weighted by atomic mass is 10.2. The van der Waals surface area contributed by atoms with Crippen LogP contribution in [-0.4, -0.2) is 26.6 Å². The van der Waals surface area contributed by atoms with Crippen LogP contribution in [0.3, 0.4) is 0 Å². The predicted molar refractivity (Wildman–Crippen MR) is 109 cm³/mol. The average molecular weight is 403 g/mol. The minimum Gasteiger partial charge on any atom is -0.325 e. The molecule has 0 unspecified atom stereocenters. The van der Waals surface area contributed by atoms with Gasteiger partial charge in [0.25, 0.3) is 5.69 Å². The molecule has 3 aromatic rings. The highest BCUT2D eigenvalue weighted by molar-refractivity contribution is 8.00. The molecule has 0 bridgehead atoms. The van der Waals surface area contributed by atoms with Crippen molar-refractivity contribution in [2.24, 2.45) is 0 Å². The Bertz CT molecular complexity index is 1060. The van der Waals surface area contributed by atoms with E-state index in [2.05, 4.69) is 22.2 Å². The molecule has 7 nitrogen and oxygen atoms in total. The molecule has 1 amide bonds. The summed E-state index contributed by atoms with van der Waals surface area (Å²) in [7, 11) is 0. The van der Waals surface area contributed by atoms with Gasteiger partial charge < -0.3 is 5.32 Å². The van der Waals surface area contributed by atoms with E-state index in [-0.39, 0.29) is 17.3 Å². The second-order valence-electron chi connectivity index (χ2n) is 6.13. The molecule has 27 heavy (non-hydrogen) atoms. The Morgan fingerprint density at radius 3 is 2.67 bits per heavy atom. The molecular weight excluding hydrogens is 384 g/mol. The Labute approximate surface area is 164 Å². The number of thioether (sulfide) groups is 1. The van der Waals surface area contributed by atoms with Crippen LogP contribution in [0.25, 0.3) is 10.2 Å². The molecule has 2 aromatic heterocycles. The van der Waals surface area contributed by atoms with Gasteiger partial charge in [-0.15, -0.1) is 11.3 Å². The van der Waals surface area contributed by atoms with Gasteiger partial charge in [-0.3, -0.25) is 14.9 Å². The normalized spacial score (nSPS) is 11.0. The Morgan fingerprint density at radius 1 is 1.26 bits per heavy atom. The van der Waals surface area contributed by atoms with Gasteiger partial charge in [0.1, 0.15) is 15.7 Å². The largest absolute Gasteiger partial charge is 0.325 e. The Morgan fingerprint density at radius 2 is 2.00 bits per heavy atom. The van der Waals surface area contributed by atoms with Crippen molar-refractivity contribution in [3.05, 3.63) is 50.1 Å². The van der Waals surface area contributed by atoms with Crippen LogP contribution in [-0.2, 0) is 4.79 Å². The molecule has 1 N–H and O–H groups in total. The number of aryl methyl sites for hydroxylation is 4. The van der Waals surface area contributed by atoms with Crippen molar-refractivity contribution in [3.63, 3.8) is 0 Å². The Kier molecular flexibility index (Phi) is 5.43. The standard InChI is InChI=1S/C18H18N4O3S2/c1-9-7-13(22(24)25)5-6-14(9)21-15(23)8-26-17-16-10(2)11(3)27-18(16)20-12(4)19-17/h5-7H,8H2,1-4H3,(H,21,23). The number of nitrogens with zero attached hydrogens (tertiary/aromatic N) is 3. The topological polar surface area (TPSA) is 98.0 Å². The van der Waals surface area contributed by atoms with Crippen molar-refractivity contribution in [2.75, 3.05) is 11.1 Å². The highest BCUT2D eigenvalue weighted by Crippen LogP contribution is 2.35. The number of thiophene rings is 1. The van der Waals surface area contributed by atoms with Gasteiger partial charge in [0, 0.05) is 28.1 Å². The number of fused-ring (bicyclic) bond motifs is 1. The lowest BCUT2D eigenvalue weighted by Gasteiger charge is -2.09. The van der Waals surface area contributed by atoms with Gasteiger partial charge in [0.05, 0.1) is 10.7 Å². The molecule has 0 radical (unpaired) electrons. The molecule has 0 saturated heterocycles. The highest BCUT2D eigenvalue weighted by Gasteiger charge is 2.16. The Balaban J connectivity index is 1.75. The van der Waals surface area contributed by atoms with Crippen molar-refractivity contribution in [1.29, 1.82) is 0 Å². The summed E-state index contributed by atoms with van der Waals surface area (Å²) in [6.07, 6.45) is 0. The monoisotopic (exact) mass is 402 g/mol. The third-order valence-electron chi connectivity index (χ3n) is 4.14. The number of carbonyl (C=O) groups excluding carboxylic acids is 1. The van der Waals surface area contributed by atoms with E-state index in [4.69, 9.17) is 0 Å². The van der Waals surface area contributed by atoms with Crippen LogP contribution >= 0.6 is 23.1 Å². The lowest BCUT2D eigenvalue weighted by Crippen LogP contribution is -2.15. The van der Waals surface area contributed by atoms with Gasteiger partial charge in [-0.2, -0.15) is 0 Å². The average Bonchev–Trinajstić information content (AvgIpc) is 2.88. The van der Waals surface area contributed by atoms with Crippen molar-refractivity contribution in [3.8, 4) is 0 Å². The first kappa shape index (κ1) is 19.2. The van der Waals surface area contributed by atoms with E-state index in [0.717, 1.165) is 20.8 Å². The van der Waals surface area contributed by atoms with Crippen molar-refractivity contribution >= 4 is 50.6 Å².